The lowest BCUT2D eigenvalue weighted by Crippen LogP contribution is -2.24. The van der Waals surface area contributed by atoms with Crippen molar-refractivity contribution in [3.63, 3.8) is 0 Å². The van der Waals surface area contributed by atoms with E-state index in [1.807, 2.05) is 65.2 Å². The van der Waals surface area contributed by atoms with Crippen LogP contribution < -0.4 is 5.32 Å². The number of nitrogens with zero attached hydrogens (tertiary/aromatic N) is 2. The molecule has 0 aliphatic carbocycles. The second kappa shape index (κ2) is 6.96. The summed E-state index contributed by atoms with van der Waals surface area (Å²) in [5, 5.41) is 2.91. The highest BCUT2D eigenvalue weighted by Crippen LogP contribution is 2.24. The van der Waals surface area contributed by atoms with E-state index in [0.29, 0.717) is 12.1 Å². The average Bonchev–Trinajstić information content (AvgIpc) is 3.05. The molecule has 0 radical (unpaired) electrons. The molecule has 3 rings (SSSR count). The van der Waals surface area contributed by atoms with Crippen molar-refractivity contribution in [1.82, 2.24) is 14.9 Å². The average molecular weight is 317 g/mol. The number of imidazole rings is 1. The lowest BCUT2D eigenvalue weighted by atomic mass is 10.1. The minimum Gasteiger partial charge on any atom is -0.347 e. The summed E-state index contributed by atoms with van der Waals surface area (Å²) in [5.41, 5.74) is 4.31. The van der Waals surface area contributed by atoms with E-state index in [-0.39, 0.29) is 5.91 Å². The Kier molecular flexibility index (Phi) is 4.57. The Morgan fingerprint density at radius 1 is 1.08 bits per heavy atom. The highest BCUT2D eigenvalue weighted by Gasteiger charge is 2.15. The molecule has 0 saturated heterocycles. The summed E-state index contributed by atoms with van der Waals surface area (Å²) in [6, 6.07) is 19.9. The Bertz CT molecular complexity index is 794. The van der Waals surface area contributed by atoms with Crippen LogP contribution in [0.1, 0.15) is 12.6 Å². The van der Waals surface area contributed by atoms with Gasteiger partial charge in [-0.1, -0.05) is 55.1 Å². The lowest BCUT2D eigenvalue weighted by molar-refractivity contribution is -0.117. The van der Waals surface area contributed by atoms with E-state index in [9.17, 15) is 4.79 Å². The van der Waals surface area contributed by atoms with Gasteiger partial charge in [-0.3, -0.25) is 4.79 Å². The third-order valence-electron chi connectivity index (χ3n) is 3.75. The first-order valence-electron chi connectivity index (χ1n) is 7.77. The Balaban J connectivity index is 2.02. The number of hydrogen-bond acceptors (Lipinski definition) is 2. The number of hydrogen-bond donors (Lipinski definition) is 1. The molecule has 1 heterocycles. The molecule has 0 unspecified atom stereocenters. The van der Waals surface area contributed by atoms with Gasteiger partial charge in [0.15, 0.2) is 0 Å². The van der Waals surface area contributed by atoms with E-state index < -0.39 is 0 Å². The van der Waals surface area contributed by atoms with Gasteiger partial charge in [0.25, 0.3) is 0 Å². The molecule has 1 N–H and O–H groups in total. The van der Waals surface area contributed by atoms with E-state index in [0.717, 1.165) is 22.6 Å². The number of amides is 1. The van der Waals surface area contributed by atoms with Crippen LogP contribution in [0.2, 0.25) is 0 Å². The van der Waals surface area contributed by atoms with E-state index >= 15 is 0 Å². The maximum Gasteiger partial charge on any atom is 0.246 e. The Morgan fingerprint density at radius 2 is 1.71 bits per heavy atom. The highest BCUT2D eigenvalue weighted by molar-refractivity contribution is 5.92. The SMILES string of the molecule is C=C(C)C(=O)NCc1c(-c2ccccc2)ncn1-c1ccccc1. The second-order valence-corrected chi connectivity index (χ2v) is 5.57. The minimum absolute atomic E-state index is 0.158. The normalized spacial score (nSPS) is 10.4. The summed E-state index contributed by atoms with van der Waals surface area (Å²) < 4.78 is 2.00. The number of rotatable bonds is 5. The summed E-state index contributed by atoms with van der Waals surface area (Å²) in [6.07, 6.45) is 1.79. The maximum absolute atomic E-state index is 11.9. The monoisotopic (exact) mass is 317 g/mol. The molecule has 120 valence electrons. The molecule has 0 atom stereocenters. The Morgan fingerprint density at radius 3 is 2.33 bits per heavy atom. The van der Waals surface area contributed by atoms with Crippen LogP contribution >= 0.6 is 0 Å². The maximum atomic E-state index is 11.9. The molecule has 3 aromatic rings. The molecule has 1 amide bonds. The van der Waals surface area contributed by atoms with Crippen LogP contribution in [0.5, 0.6) is 0 Å². The van der Waals surface area contributed by atoms with Crippen LogP contribution in [-0.4, -0.2) is 15.5 Å². The topological polar surface area (TPSA) is 46.9 Å². The number of para-hydroxylation sites is 1. The van der Waals surface area contributed by atoms with Crippen LogP contribution in [0.15, 0.2) is 79.1 Å². The fourth-order valence-electron chi connectivity index (χ4n) is 2.51. The van der Waals surface area contributed by atoms with Crippen molar-refractivity contribution in [3.8, 4) is 16.9 Å². The van der Waals surface area contributed by atoms with Crippen molar-refractivity contribution in [2.45, 2.75) is 13.5 Å². The van der Waals surface area contributed by atoms with Crippen LogP contribution in [0.4, 0.5) is 0 Å². The predicted molar refractivity (Wildman–Crippen MR) is 95.7 cm³/mol. The molecule has 0 aliphatic rings. The standard InChI is InChI=1S/C20H19N3O/c1-15(2)20(24)21-13-18-19(16-9-5-3-6-10-16)22-14-23(18)17-11-7-4-8-12-17/h3-12,14H,1,13H2,2H3,(H,21,24). The summed E-state index contributed by atoms with van der Waals surface area (Å²) in [4.78, 5) is 16.5. The van der Waals surface area contributed by atoms with Crippen LogP contribution in [0.25, 0.3) is 16.9 Å². The molecule has 0 aliphatic heterocycles. The van der Waals surface area contributed by atoms with Crippen LogP contribution in [-0.2, 0) is 11.3 Å². The van der Waals surface area contributed by atoms with Gasteiger partial charge < -0.3 is 9.88 Å². The molecule has 0 bridgehead atoms. The number of nitrogens with one attached hydrogen (secondary N) is 1. The van der Waals surface area contributed by atoms with Gasteiger partial charge in [0.1, 0.15) is 6.33 Å². The third-order valence-corrected chi connectivity index (χ3v) is 3.75. The predicted octanol–water partition coefficient (Wildman–Crippen LogP) is 3.73. The fraction of sp³-hybridized carbons (Fsp3) is 0.100. The van der Waals surface area contributed by atoms with Gasteiger partial charge >= 0.3 is 0 Å². The van der Waals surface area contributed by atoms with Crippen molar-refractivity contribution in [2.75, 3.05) is 0 Å². The smallest absolute Gasteiger partial charge is 0.246 e. The zero-order valence-electron chi connectivity index (χ0n) is 13.6. The fourth-order valence-corrected chi connectivity index (χ4v) is 2.51. The zero-order chi connectivity index (χ0) is 16.9. The van der Waals surface area contributed by atoms with E-state index in [1.54, 1.807) is 13.3 Å². The van der Waals surface area contributed by atoms with Crippen molar-refractivity contribution in [3.05, 3.63) is 84.8 Å². The van der Waals surface area contributed by atoms with Gasteiger partial charge in [-0.2, -0.15) is 0 Å². The van der Waals surface area contributed by atoms with Gasteiger partial charge in [-0.05, 0) is 19.1 Å². The van der Waals surface area contributed by atoms with Gasteiger partial charge in [0.05, 0.1) is 17.9 Å². The van der Waals surface area contributed by atoms with E-state index in [2.05, 4.69) is 16.9 Å². The van der Waals surface area contributed by atoms with Crippen LogP contribution in [0, 0.1) is 0 Å². The lowest BCUT2D eigenvalue weighted by Gasteiger charge is -2.11. The molecule has 0 fully saturated rings. The quantitative estimate of drug-likeness (QED) is 0.729. The molecule has 24 heavy (non-hydrogen) atoms. The summed E-state index contributed by atoms with van der Waals surface area (Å²) in [6.45, 7) is 5.76. The molecule has 1 aromatic heterocycles. The molecule has 2 aromatic carbocycles. The first kappa shape index (κ1) is 15.7. The molecule has 0 spiro atoms. The van der Waals surface area contributed by atoms with Gasteiger partial charge in [0, 0.05) is 16.8 Å². The highest BCUT2D eigenvalue weighted by atomic mass is 16.1. The number of carbonyl (C=O) groups excluding carboxylic acids is 1. The molecular weight excluding hydrogens is 298 g/mol. The second-order valence-electron chi connectivity index (χ2n) is 5.57. The van der Waals surface area contributed by atoms with E-state index in [1.165, 1.54) is 0 Å². The van der Waals surface area contributed by atoms with Crippen molar-refractivity contribution in [2.24, 2.45) is 0 Å². The van der Waals surface area contributed by atoms with Crippen molar-refractivity contribution >= 4 is 5.91 Å². The summed E-state index contributed by atoms with van der Waals surface area (Å²) >= 11 is 0. The third kappa shape index (κ3) is 3.27. The molecule has 4 nitrogen and oxygen atoms in total. The number of aromatic nitrogens is 2. The molecular formula is C20H19N3O. The van der Waals surface area contributed by atoms with Gasteiger partial charge in [-0.15, -0.1) is 0 Å². The minimum atomic E-state index is -0.158. The number of benzene rings is 2. The van der Waals surface area contributed by atoms with Crippen LogP contribution in [0.3, 0.4) is 0 Å². The first-order valence-corrected chi connectivity index (χ1v) is 7.77. The number of carbonyl (C=O) groups is 1. The Hall–Kier alpha value is -3.14. The summed E-state index contributed by atoms with van der Waals surface area (Å²) in [5.74, 6) is -0.158. The molecule has 0 saturated carbocycles. The first-order chi connectivity index (χ1) is 11.7. The van der Waals surface area contributed by atoms with Gasteiger partial charge in [0.2, 0.25) is 5.91 Å². The van der Waals surface area contributed by atoms with Crippen molar-refractivity contribution < 1.29 is 4.79 Å². The van der Waals surface area contributed by atoms with Crippen molar-refractivity contribution in [1.29, 1.82) is 0 Å². The van der Waals surface area contributed by atoms with Gasteiger partial charge in [-0.25, -0.2) is 4.98 Å². The Labute approximate surface area is 141 Å². The van der Waals surface area contributed by atoms with E-state index in [4.69, 9.17) is 0 Å². The molecule has 4 heteroatoms. The largest absolute Gasteiger partial charge is 0.347 e. The summed E-state index contributed by atoms with van der Waals surface area (Å²) in [7, 11) is 0. The zero-order valence-corrected chi connectivity index (χ0v) is 13.6.